The molecule has 0 aromatic carbocycles. The minimum atomic E-state index is -1.07. The van der Waals surface area contributed by atoms with Crippen LogP contribution in [0.15, 0.2) is 34.3 Å². The van der Waals surface area contributed by atoms with E-state index in [9.17, 15) is 19.8 Å². The molecule has 4 heterocycles. The van der Waals surface area contributed by atoms with Gasteiger partial charge in [0.2, 0.25) is 5.91 Å². The molecule has 1 aromatic heterocycles. The molecule has 29 heavy (non-hydrogen) atoms. The molecule has 2 saturated heterocycles. The van der Waals surface area contributed by atoms with Gasteiger partial charge in [0.25, 0.3) is 0 Å². The van der Waals surface area contributed by atoms with Crippen LogP contribution in [0.3, 0.4) is 0 Å². The van der Waals surface area contributed by atoms with Crippen LogP contribution >= 0.6 is 23.5 Å². The van der Waals surface area contributed by atoms with Gasteiger partial charge in [-0.2, -0.15) is 0 Å². The third-order valence-corrected chi connectivity index (χ3v) is 8.82. The van der Waals surface area contributed by atoms with Gasteiger partial charge < -0.3 is 14.7 Å². The molecular formula is C20H26N3O4S2+. The molecule has 0 aliphatic carbocycles. The van der Waals surface area contributed by atoms with Crippen molar-refractivity contribution in [2.45, 2.75) is 43.0 Å². The number of hydrogen-bond donors (Lipinski definition) is 2. The number of aromatic nitrogens is 1. The fraction of sp³-hybridized carbons (Fsp3) is 0.550. The van der Waals surface area contributed by atoms with E-state index in [1.54, 1.807) is 11.8 Å². The number of carboxylic acid groups (broad SMARTS) is 1. The first kappa shape index (κ1) is 20.7. The molecule has 0 bridgehead atoms. The number of carbonyl (C=O) groups is 2. The van der Waals surface area contributed by atoms with E-state index in [1.165, 1.54) is 16.7 Å². The van der Waals surface area contributed by atoms with Crippen molar-refractivity contribution in [1.82, 2.24) is 9.88 Å². The number of aliphatic hydroxyl groups is 1. The van der Waals surface area contributed by atoms with Crippen molar-refractivity contribution in [1.29, 1.82) is 0 Å². The van der Waals surface area contributed by atoms with Crippen LogP contribution in [0.4, 0.5) is 0 Å². The summed E-state index contributed by atoms with van der Waals surface area (Å²) in [4.78, 5) is 30.2. The average molecular weight is 437 g/mol. The lowest BCUT2D eigenvalue weighted by atomic mass is 9.90. The van der Waals surface area contributed by atoms with Gasteiger partial charge in [0, 0.05) is 12.6 Å². The van der Waals surface area contributed by atoms with Crippen LogP contribution in [0.5, 0.6) is 0 Å². The Labute approximate surface area is 178 Å². The summed E-state index contributed by atoms with van der Waals surface area (Å²) in [5.74, 6) is -1.85. The Morgan fingerprint density at radius 2 is 2.28 bits per heavy atom. The second-order valence-electron chi connectivity index (χ2n) is 8.19. The maximum absolute atomic E-state index is 12.5. The Balaban J connectivity index is 1.45. The number of carboxylic acids is 1. The van der Waals surface area contributed by atoms with Gasteiger partial charge in [0.15, 0.2) is 5.70 Å². The van der Waals surface area contributed by atoms with Crippen LogP contribution in [0.1, 0.15) is 25.5 Å². The van der Waals surface area contributed by atoms with Gasteiger partial charge in [-0.15, -0.1) is 11.8 Å². The van der Waals surface area contributed by atoms with E-state index in [1.807, 2.05) is 31.3 Å². The van der Waals surface area contributed by atoms with Crippen molar-refractivity contribution in [3.8, 4) is 0 Å². The van der Waals surface area contributed by atoms with Crippen molar-refractivity contribution in [2.24, 2.45) is 5.92 Å². The first-order valence-corrected chi connectivity index (χ1v) is 11.6. The van der Waals surface area contributed by atoms with Gasteiger partial charge >= 0.3 is 5.97 Å². The summed E-state index contributed by atoms with van der Waals surface area (Å²) < 4.78 is 1.58. The minimum Gasteiger partial charge on any atom is -0.477 e. The van der Waals surface area contributed by atoms with E-state index >= 15 is 0 Å². The van der Waals surface area contributed by atoms with Crippen molar-refractivity contribution >= 4 is 35.4 Å². The molecule has 1 aromatic rings. The summed E-state index contributed by atoms with van der Waals surface area (Å²) >= 11 is 3.02. The molecule has 2 N–H and O–H groups in total. The summed E-state index contributed by atoms with van der Waals surface area (Å²) in [6, 6.07) is 5.95. The zero-order chi connectivity index (χ0) is 20.8. The van der Waals surface area contributed by atoms with Crippen molar-refractivity contribution in [3.63, 3.8) is 0 Å². The van der Waals surface area contributed by atoms with Crippen LogP contribution in [-0.2, 0) is 16.1 Å². The molecule has 7 nitrogen and oxygen atoms in total. The summed E-state index contributed by atoms with van der Waals surface area (Å²) in [6.45, 7) is 4.63. The van der Waals surface area contributed by atoms with Crippen LogP contribution in [0, 0.1) is 5.92 Å². The van der Waals surface area contributed by atoms with Crippen molar-refractivity contribution in [2.75, 3.05) is 20.1 Å². The summed E-state index contributed by atoms with van der Waals surface area (Å²) in [5, 5.41) is 19.9. The highest BCUT2D eigenvalue weighted by Gasteiger charge is 2.58. The van der Waals surface area contributed by atoms with Crippen LogP contribution in [0.25, 0.3) is 0 Å². The second kappa shape index (κ2) is 7.94. The van der Waals surface area contributed by atoms with E-state index in [4.69, 9.17) is 0 Å². The van der Waals surface area contributed by atoms with E-state index in [2.05, 4.69) is 12.0 Å². The number of likely N-dealkylation sites (tertiary alicyclic amines) is 1. The molecule has 9 heteroatoms. The van der Waals surface area contributed by atoms with E-state index < -0.39 is 18.0 Å². The Hall–Kier alpha value is -1.55. The molecule has 156 valence electrons. The normalized spacial score (nSPS) is 32.3. The highest BCUT2D eigenvalue weighted by atomic mass is 32.2. The van der Waals surface area contributed by atoms with Gasteiger partial charge in [0.1, 0.15) is 11.9 Å². The predicted octanol–water partition coefficient (Wildman–Crippen LogP) is 2.09. The number of carbonyl (C=O) groups excluding carboxylic acids is 1. The summed E-state index contributed by atoms with van der Waals surface area (Å²) in [6.07, 6.45) is 2.56. The highest BCUT2D eigenvalue weighted by molar-refractivity contribution is 8.23. The Morgan fingerprint density at radius 1 is 1.48 bits per heavy atom. The quantitative estimate of drug-likeness (QED) is 0.500. The molecule has 4 rings (SSSR count). The minimum absolute atomic E-state index is 0.0976. The first-order valence-electron chi connectivity index (χ1n) is 9.88. The fourth-order valence-corrected chi connectivity index (χ4v) is 7.86. The first-order chi connectivity index (χ1) is 13.8. The number of β-lactam (4-membered cyclic amide) rings is 1. The largest absolute Gasteiger partial charge is 0.477 e. The van der Waals surface area contributed by atoms with Crippen LogP contribution in [-0.4, -0.2) is 73.3 Å². The molecule has 0 saturated carbocycles. The predicted molar refractivity (Wildman–Crippen MR) is 113 cm³/mol. The average Bonchev–Trinajstić information content (AvgIpc) is 3.21. The lowest BCUT2D eigenvalue weighted by Crippen LogP contribution is -2.61. The number of rotatable bonds is 7. The third kappa shape index (κ3) is 3.81. The number of quaternary nitrogens is 1. The van der Waals surface area contributed by atoms with E-state index in [0.717, 1.165) is 36.2 Å². The molecule has 1 unspecified atom stereocenters. The number of fused-ring (bicyclic) bond motifs is 1. The molecule has 2 fully saturated rings. The number of hydrogen-bond acceptors (Lipinski definition) is 6. The molecule has 0 radical (unpaired) electrons. The number of amides is 1. The standard InChI is InChI=1S/C20H25N3O4S2/c1-3-14(24)15-17(25)22-16(19(26)27)20(29-18(15)22)28-13-7-9-23(2,11-13)10-12-6-4-5-8-21-12/h4-6,8,13-15,18,24H,3,7,9-11H2,1-2H3/p+1/t13-,14-,15+,18+,23?/m0/s1. The number of aliphatic hydroxyl groups excluding tert-OH is 1. The van der Waals surface area contributed by atoms with Gasteiger partial charge in [-0.05, 0) is 18.6 Å². The maximum atomic E-state index is 12.5. The van der Waals surface area contributed by atoms with Crippen molar-refractivity contribution in [3.05, 3.63) is 40.0 Å². The van der Waals surface area contributed by atoms with Crippen molar-refractivity contribution < 1.29 is 24.3 Å². The van der Waals surface area contributed by atoms with Gasteiger partial charge in [-0.25, -0.2) is 4.79 Å². The number of aliphatic carboxylic acids is 1. The molecule has 1 amide bonds. The molecule has 3 aliphatic heterocycles. The fourth-order valence-electron chi connectivity index (χ4n) is 4.40. The Bertz CT molecular complexity index is 849. The highest BCUT2D eigenvalue weighted by Crippen LogP contribution is 2.55. The molecule has 5 atom stereocenters. The lowest BCUT2D eigenvalue weighted by molar-refractivity contribution is -0.910. The third-order valence-electron chi connectivity index (χ3n) is 5.96. The number of pyridine rings is 1. The van der Waals surface area contributed by atoms with E-state index in [-0.39, 0.29) is 17.0 Å². The summed E-state index contributed by atoms with van der Waals surface area (Å²) in [5.41, 5.74) is 1.16. The second-order valence-corrected chi connectivity index (χ2v) is 10.9. The van der Waals surface area contributed by atoms with E-state index in [0.29, 0.717) is 15.9 Å². The summed E-state index contributed by atoms with van der Waals surface area (Å²) in [7, 11) is 2.22. The molecular weight excluding hydrogens is 410 g/mol. The monoisotopic (exact) mass is 436 g/mol. The Morgan fingerprint density at radius 3 is 2.93 bits per heavy atom. The zero-order valence-corrected chi connectivity index (χ0v) is 18.2. The SMILES string of the molecule is CC[C@H](O)[C@@H]1C(=O)N2C(C(=O)O)=C(S[C@H]3CC[N+](C)(Cc4ccccn4)C3)S[C@H]12. The van der Waals surface area contributed by atoms with Crippen LogP contribution < -0.4 is 0 Å². The van der Waals surface area contributed by atoms with Gasteiger partial charge in [0.05, 0.1) is 47.3 Å². The Kier molecular flexibility index (Phi) is 5.67. The van der Waals surface area contributed by atoms with Crippen LogP contribution in [0.2, 0.25) is 0 Å². The smallest absolute Gasteiger partial charge is 0.354 e. The zero-order valence-electron chi connectivity index (χ0n) is 16.5. The molecule has 0 spiro atoms. The topological polar surface area (TPSA) is 90.7 Å². The van der Waals surface area contributed by atoms with Gasteiger partial charge in [-0.1, -0.05) is 24.8 Å². The van der Waals surface area contributed by atoms with Gasteiger partial charge in [-0.3, -0.25) is 14.7 Å². The molecule has 3 aliphatic rings. The number of nitrogens with zero attached hydrogens (tertiary/aromatic N) is 3. The lowest BCUT2D eigenvalue weighted by Gasteiger charge is -2.44. The number of thioether (sulfide) groups is 2. The maximum Gasteiger partial charge on any atom is 0.354 e.